The Morgan fingerprint density at radius 1 is 1.16 bits per heavy atom. The van der Waals surface area contributed by atoms with Crippen LogP contribution in [0.2, 0.25) is 0 Å². The summed E-state index contributed by atoms with van der Waals surface area (Å²) in [6.07, 6.45) is 1.13. The number of carbonyl (C=O) groups excluding carboxylic acids is 1. The Hall–Kier alpha value is -2.49. The van der Waals surface area contributed by atoms with Crippen LogP contribution in [0.15, 0.2) is 41.3 Å². The normalized spacial score (nSPS) is 22.5. The third-order valence-electron chi connectivity index (χ3n) is 6.04. The van der Waals surface area contributed by atoms with Crippen LogP contribution in [0.4, 0.5) is 10.1 Å². The predicted octanol–water partition coefficient (Wildman–Crippen LogP) is 2.21. The fraction of sp³-hybridized carbons (Fsp3) is 0.409. The van der Waals surface area contributed by atoms with Crippen molar-refractivity contribution in [3.8, 4) is 16.9 Å². The van der Waals surface area contributed by atoms with Gasteiger partial charge in [0.15, 0.2) is 28.0 Å². The molecule has 166 valence electrons. The summed E-state index contributed by atoms with van der Waals surface area (Å²) in [5, 5.41) is 0. The number of sulfone groups is 1. The van der Waals surface area contributed by atoms with Gasteiger partial charge in [-0.05, 0) is 56.4 Å². The minimum absolute atomic E-state index is 0.0419. The van der Waals surface area contributed by atoms with Crippen LogP contribution in [-0.4, -0.2) is 76.4 Å². The molecule has 9 heteroatoms. The molecule has 2 aliphatic rings. The average molecular weight is 448 g/mol. The molecule has 2 aliphatic heterocycles. The van der Waals surface area contributed by atoms with Crippen LogP contribution in [0.3, 0.4) is 0 Å². The van der Waals surface area contributed by atoms with Gasteiger partial charge < -0.3 is 9.64 Å². The molecular weight excluding hydrogens is 421 g/mol. The van der Waals surface area contributed by atoms with Crippen molar-refractivity contribution < 1.29 is 22.3 Å². The Bertz CT molecular complexity index is 1150. The van der Waals surface area contributed by atoms with Gasteiger partial charge in [0.2, 0.25) is 0 Å². The van der Waals surface area contributed by atoms with Crippen molar-refractivity contribution >= 4 is 21.4 Å². The van der Waals surface area contributed by atoms with Crippen LogP contribution in [0, 0.1) is 5.82 Å². The van der Waals surface area contributed by atoms with E-state index in [4.69, 9.17) is 4.74 Å². The number of likely N-dealkylation sites (N-methyl/N-ethyl adjacent to an activating group) is 2. The van der Waals surface area contributed by atoms with Crippen LogP contribution in [0.5, 0.6) is 5.75 Å². The molecule has 0 aromatic heterocycles. The van der Waals surface area contributed by atoms with Gasteiger partial charge in [-0.2, -0.15) is 0 Å². The summed E-state index contributed by atoms with van der Waals surface area (Å²) in [4.78, 5) is 18.9. The standard InChI is InChI=1S/C22H26FN3O4S/c1-22(12-24(2)14-25(22)3)13-26-19-10-16(9-18(23)21(19)30-11-20(26)27)15-6-5-7-17(8-15)31(4,28)29/h5-10H,11-14H2,1-4H3. The highest BCUT2D eigenvalue weighted by molar-refractivity contribution is 7.90. The molecule has 7 nitrogen and oxygen atoms in total. The van der Waals surface area contributed by atoms with Gasteiger partial charge >= 0.3 is 0 Å². The average Bonchev–Trinajstić information content (AvgIpc) is 2.95. The number of fused-ring (bicyclic) bond motifs is 1. The van der Waals surface area contributed by atoms with E-state index in [-0.39, 0.29) is 28.7 Å². The number of nitrogens with zero attached hydrogens (tertiary/aromatic N) is 3. The summed E-state index contributed by atoms with van der Waals surface area (Å²) >= 11 is 0. The maximum atomic E-state index is 15.0. The number of benzene rings is 2. The Morgan fingerprint density at radius 2 is 1.90 bits per heavy atom. The predicted molar refractivity (Wildman–Crippen MR) is 116 cm³/mol. The lowest BCUT2D eigenvalue weighted by Gasteiger charge is -2.39. The molecule has 0 spiro atoms. The molecule has 1 atom stereocenters. The first-order valence-corrected chi connectivity index (χ1v) is 11.8. The molecule has 2 heterocycles. The molecule has 0 bridgehead atoms. The molecule has 1 saturated heterocycles. The molecule has 2 aromatic carbocycles. The first kappa shape index (κ1) is 21.7. The number of hydrogen-bond donors (Lipinski definition) is 0. The highest BCUT2D eigenvalue weighted by Gasteiger charge is 2.41. The van der Waals surface area contributed by atoms with Crippen LogP contribution in [-0.2, 0) is 14.6 Å². The second-order valence-electron chi connectivity index (χ2n) is 8.73. The van der Waals surface area contributed by atoms with Crippen molar-refractivity contribution in [2.45, 2.75) is 17.4 Å². The number of hydrogen-bond acceptors (Lipinski definition) is 6. The van der Waals surface area contributed by atoms with Crippen molar-refractivity contribution in [2.75, 3.05) is 51.6 Å². The van der Waals surface area contributed by atoms with Gasteiger partial charge in [-0.25, -0.2) is 12.8 Å². The third-order valence-corrected chi connectivity index (χ3v) is 7.15. The summed E-state index contributed by atoms with van der Waals surface area (Å²) in [7, 11) is 0.612. The van der Waals surface area contributed by atoms with Gasteiger partial charge in [0, 0.05) is 24.9 Å². The van der Waals surface area contributed by atoms with Crippen LogP contribution < -0.4 is 9.64 Å². The van der Waals surface area contributed by atoms with Gasteiger partial charge in [0.05, 0.1) is 17.3 Å². The van der Waals surface area contributed by atoms with Crippen molar-refractivity contribution in [3.63, 3.8) is 0 Å². The van der Waals surface area contributed by atoms with E-state index in [1.807, 2.05) is 14.1 Å². The van der Waals surface area contributed by atoms with Gasteiger partial charge in [-0.3, -0.25) is 14.6 Å². The largest absolute Gasteiger partial charge is 0.478 e. The van der Waals surface area contributed by atoms with E-state index in [0.717, 1.165) is 19.5 Å². The molecule has 4 rings (SSSR count). The van der Waals surface area contributed by atoms with E-state index in [2.05, 4.69) is 16.7 Å². The number of amides is 1. The highest BCUT2D eigenvalue weighted by Crippen LogP contribution is 2.40. The lowest BCUT2D eigenvalue weighted by atomic mass is 9.99. The van der Waals surface area contributed by atoms with E-state index in [1.54, 1.807) is 23.1 Å². The van der Waals surface area contributed by atoms with Gasteiger partial charge in [-0.15, -0.1) is 0 Å². The van der Waals surface area contributed by atoms with Crippen molar-refractivity contribution in [1.29, 1.82) is 0 Å². The van der Waals surface area contributed by atoms with E-state index >= 15 is 4.39 Å². The van der Waals surface area contributed by atoms with E-state index < -0.39 is 15.7 Å². The molecule has 0 radical (unpaired) electrons. The lowest BCUT2D eigenvalue weighted by Crippen LogP contribution is -2.54. The lowest BCUT2D eigenvalue weighted by molar-refractivity contribution is -0.121. The Balaban J connectivity index is 1.78. The SMILES string of the molecule is CN1CN(C)C(C)(CN2C(=O)COc3c(F)cc(-c4cccc(S(C)(=O)=O)c4)cc32)C1. The zero-order valence-electron chi connectivity index (χ0n) is 18.1. The van der Waals surface area contributed by atoms with E-state index in [9.17, 15) is 13.2 Å². The van der Waals surface area contributed by atoms with Gasteiger partial charge in [0.25, 0.3) is 5.91 Å². The Morgan fingerprint density at radius 3 is 2.55 bits per heavy atom. The molecule has 1 amide bonds. The molecule has 0 aliphatic carbocycles. The minimum atomic E-state index is -3.41. The number of anilines is 1. The molecule has 0 N–H and O–H groups in total. The minimum Gasteiger partial charge on any atom is -0.478 e. The van der Waals surface area contributed by atoms with E-state index in [0.29, 0.717) is 23.4 Å². The number of halogens is 1. The summed E-state index contributed by atoms with van der Waals surface area (Å²) in [6.45, 7) is 3.78. The van der Waals surface area contributed by atoms with Crippen molar-refractivity contribution in [3.05, 3.63) is 42.2 Å². The Kier molecular flexibility index (Phi) is 5.31. The fourth-order valence-electron chi connectivity index (χ4n) is 4.31. The smallest absolute Gasteiger partial charge is 0.265 e. The first-order chi connectivity index (χ1) is 14.5. The summed E-state index contributed by atoms with van der Waals surface area (Å²) in [5.74, 6) is -0.782. The summed E-state index contributed by atoms with van der Waals surface area (Å²) in [5.41, 5.74) is 1.08. The van der Waals surface area contributed by atoms with E-state index in [1.165, 1.54) is 18.2 Å². The van der Waals surface area contributed by atoms with Gasteiger partial charge in [0.1, 0.15) is 0 Å². The second-order valence-corrected chi connectivity index (χ2v) is 10.7. The maximum absolute atomic E-state index is 15.0. The Labute approximate surface area is 181 Å². The third kappa shape index (κ3) is 4.05. The molecular formula is C22H26FN3O4S. The fourth-order valence-corrected chi connectivity index (χ4v) is 4.98. The van der Waals surface area contributed by atoms with Gasteiger partial charge in [-0.1, -0.05) is 12.1 Å². The zero-order chi connectivity index (χ0) is 22.6. The number of carbonyl (C=O) groups is 1. The second kappa shape index (κ2) is 7.58. The quantitative estimate of drug-likeness (QED) is 0.716. The van der Waals surface area contributed by atoms with Crippen LogP contribution in [0.1, 0.15) is 6.92 Å². The molecule has 31 heavy (non-hydrogen) atoms. The number of rotatable bonds is 4. The molecule has 1 unspecified atom stereocenters. The highest BCUT2D eigenvalue weighted by atomic mass is 32.2. The maximum Gasteiger partial charge on any atom is 0.265 e. The van der Waals surface area contributed by atoms with Crippen LogP contribution >= 0.6 is 0 Å². The topological polar surface area (TPSA) is 70.2 Å². The summed E-state index contributed by atoms with van der Waals surface area (Å²) in [6, 6.07) is 9.34. The zero-order valence-corrected chi connectivity index (χ0v) is 18.9. The van der Waals surface area contributed by atoms with Crippen molar-refractivity contribution in [2.24, 2.45) is 0 Å². The number of ether oxygens (including phenoxy) is 1. The monoisotopic (exact) mass is 447 g/mol. The molecule has 2 aromatic rings. The summed E-state index contributed by atoms with van der Waals surface area (Å²) < 4.78 is 44.3. The first-order valence-electron chi connectivity index (χ1n) is 9.95. The van der Waals surface area contributed by atoms with Crippen molar-refractivity contribution in [1.82, 2.24) is 9.80 Å². The molecule has 1 fully saturated rings. The van der Waals surface area contributed by atoms with Crippen LogP contribution in [0.25, 0.3) is 11.1 Å². The molecule has 0 saturated carbocycles.